The monoisotopic (exact) mass is 474 g/mol. The van der Waals surface area contributed by atoms with Crippen molar-refractivity contribution in [1.29, 1.82) is 0 Å². The number of nitrogens with zero attached hydrogens (tertiary/aromatic N) is 4. The number of amides is 1. The highest BCUT2D eigenvalue weighted by molar-refractivity contribution is 5.94. The number of hydrogen-bond donors (Lipinski definition) is 2. The molecule has 0 saturated heterocycles. The normalized spacial score (nSPS) is 12.5. The van der Waals surface area contributed by atoms with Crippen LogP contribution >= 0.6 is 0 Å². The van der Waals surface area contributed by atoms with E-state index in [1.165, 1.54) is 0 Å². The second-order valence-corrected chi connectivity index (χ2v) is 7.72. The van der Waals surface area contributed by atoms with Crippen molar-refractivity contribution in [2.75, 3.05) is 25.6 Å². The van der Waals surface area contributed by atoms with Crippen molar-refractivity contribution < 1.29 is 18.7 Å². The molecule has 3 aromatic heterocycles. The van der Waals surface area contributed by atoms with Crippen LogP contribution in [0, 0.1) is 0 Å². The summed E-state index contributed by atoms with van der Waals surface area (Å²) in [6.07, 6.45) is 0.407. The summed E-state index contributed by atoms with van der Waals surface area (Å²) in [5.41, 5.74) is 2.91. The number of benzene rings is 1. The number of aromatic nitrogens is 4. The van der Waals surface area contributed by atoms with Gasteiger partial charge in [-0.1, -0.05) is 24.3 Å². The first-order valence-corrected chi connectivity index (χ1v) is 10.9. The van der Waals surface area contributed by atoms with Gasteiger partial charge in [-0.15, -0.1) is 9.78 Å². The fourth-order valence-corrected chi connectivity index (χ4v) is 3.59. The maximum atomic E-state index is 12.3. The molecule has 0 fully saturated rings. The first kappa shape index (κ1) is 22.3. The molecule has 0 atom stereocenters. The molecule has 35 heavy (non-hydrogen) atoms. The third kappa shape index (κ3) is 5.04. The fraction of sp³-hybridized carbons (Fsp3) is 0.208. The van der Waals surface area contributed by atoms with Crippen molar-refractivity contribution in [3.05, 3.63) is 76.6 Å². The molecule has 0 radical (unpaired) electrons. The molecule has 1 aliphatic heterocycles. The SMILES string of the molecule is COc1cccc(-c2cccc(CNCCc3nn(-c4ccc5c(n4)NC(=O)CO5)c(=O)o3)c2)n1. The van der Waals surface area contributed by atoms with Gasteiger partial charge in [-0.25, -0.2) is 14.8 Å². The first-order chi connectivity index (χ1) is 17.1. The van der Waals surface area contributed by atoms with E-state index < -0.39 is 5.76 Å². The van der Waals surface area contributed by atoms with E-state index in [1.807, 2.05) is 36.4 Å². The zero-order chi connectivity index (χ0) is 24.2. The lowest BCUT2D eigenvalue weighted by Gasteiger charge is -2.16. The minimum atomic E-state index is -0.658. The summed E-state index contributed by atoms with van der Waals surface area (Å²) in [5.74, 6) is 0.766. The van der Waals surface area contributed by atoms with Crippen LogP contribution in [-0.4, -0.2) is 45.9 Å². The molecular weight excluding hydrogens is 452 g/mol. The number of anilines is 1. The van der Waals surface area contributed by atoms with Gasteiger partial charge in [0.2, 0.25) is 11.8 Å². The Hall–Kier alpha value is -4.51. The molecule has 11 heteroatoms. The van der Waals surface area contributed by atoms with Gasteiger partial charge in [-0.05, 0) is 29.8 Å². The molecule has 0 saturated carbocycles. The first-order valence-electron chi connectivity index (χ1n) is 10.9. The average Bonchev–Trinajstić information content (AvgIpc) is 3.26. The van der Waals surface area contributed by atoms with Crippen LogP contribution in [0.25, 0.3) is 17.1 Å². The molecule has 178 valence electrons. The third-order valence-corrected chi connectivity index (χ3v) is 5.27. The van der Waals surface area contributed by atoms with E-state index in [0.717, 1.165) is 21.5 Å². The summed E-state index contributed by atoms with van der Waals surface area (Å²) in [5, 5.41) is 10.2. The lowest BCUT2D eigenvalue weighted by Crippen LogP contribution is -2.27. The van der Waals surface area contributed by atoms with E-state index in [1.54, 1.807) is 19.2 Å². The largest absolute Gasteiger partial charge is 0.481 e. The number of ether oxygens (including phenoxy) is 2. The van der Waals surface area contributed by atoms with E-state index >= 15 is 0 Å². The van der Waals surface area contributed by atoms with E-state index in [-0.39, 0.29) is 30.0 Å². The Morgan fingerprint density at radius 2 is 2.00 bits per heavy atom. The molecule has 0 unspecified atom stereocenters. The van der Waals surface area contributed by atoms with Gasteiger partial charge in [0.05, 0.1) is 12.8 Å². The Labute approximate surface area is 199 Å². The van der Waals surface area contributed by atoms with Crippen LogP contribution in [0.4, 0.5) is 5.82 Å². The second-order valence-electron chi connectivity index (χ2n) is 7.72. The molecule has 1 aliphatic rings. The molecule has 5 rings (SSSR count). The molecule has 0 spiro atoms. The third-order valence-electron chi connectivity index (χ3n) is 5.27. The summed E-state index contributed by atoms with van der Waals surface area (Å²) in [6, 6.07) is 16.9. The molecule has 4 aromatic rings. The molecule has 0 aliphatic carbocycles. The second kappa shape index (κ2) is 9.77. The summed E-state index contributed by atoms with van der Waals surface area (Å²) >= 11 is 0. The number of carbonyl (C=O) groups is 1. The maximum Gasteiger partial charge on any atom is 0.443 e. The van der Waals surface area contributed by atoms with E-state index in [9.17, 15) is 9.59 Å². The summed E-state index contributed by atoms with van der Waals surface area (Å²) < 4.78 is 16.8. The zero-order valence-electron chi connectivity index (χ0n) is 18.9. The number of pyridine rings is 2. The number of fused-ring (bicyclic) bond motifs is 1. The predicted molar refractivity (Wildman–Crippen MR) is 126 cm³/mol. The topological polar surface area (TPSA) is 133 Å². The van der Waals surface area contributed by atoms with Gasteiger partial charge in [0, 0.05) is 31.1 Å². The average molecular weight is 474 g/mol. The molecule has 1 amide bonds. The van der Waals surface area contributed by atoms with Crippen LogP contribution < -0.4 is 25.9 Å². The van der Waals surface area contributed by atoms with Gasteiger partial charge in [0.25, 0.3) is 5.91 Å². The standard InChI is InChI=1S/C24H22N6O5/c1-33-21-7-3-6-17(26-21)16-5-2-4-15(12-16)13-25-11-10-22-29-30(24(32)35-22)19-9-8-18-23(27-19)28-20(31)14-34-18/h2-9,12,25H,10-11,13-14H2,1H3,(H,27,28,31). The van der Waals surface area contributed by atoms with Crippen LogP contribution in [0.2, 0.25) is 0 Å². The van der Waals surface area contributed by atoms with Crippen molar-refractivity contribution in [2.24, 2.45) is 0 Å². The summed E-state index contributed by atoms with van der Waals surface area (Å²) in [4.78, 5) is 32.5. The molecule has 2 N–H and O–H groups in total. The molecule has 11 nitrogen and oxygen atoms in total. The van der Waals surface area contributed by atoms with Crippen LogP contribution in [0.1, 0.15) is 11.5 Å². The van der Waals surface area contributed by atoms with Crippen molar-refractivity contribution in [1.82, 2.24) is 25.1 Å². The lowest BCUT2D eigenvalue weighted by molar-refractivity contribution is -0.118. The van der Waals surface area contributed by atoms with Crippen LogP contribution in [0.5, 0.6) is 11.6 Å². The number of nitrogens with one attached hydrogen (secondary N) is 2. The van der Waals surface area contributed by atoms with Crippen LogP contribution in [0.3, 0.4) is 0 Å². The van der Waals surface area contributed by atoms with Crippen molar-refractivity contribution >= 4 is 11.7 Å². The maximum absolute atomic E-state index is 12.3. The van der Waals surface area contributed by atoms with Gasteiger partial charge in [0.1, 0.15) is 0 Å². The van der Waals surface area contributed by atoms with Crippen molar-refractivity contribution in [3.63, 3.8) is 0 Å². The van der Waals surface area contributed by atoms with Gasteiger partial charge >= 0.3 is 5.76 Å². The Morgan fingerprint density at radius 3 is 2.89 bits per heavy atom. The number of hydrogen-bond acceptors (Lipinski definition) is 9. The van der Waals surface area contributed by atoms with E-state index in [4.69, 9.17) is 13.9 Å². The quantitative estimate of drug-likeness (QED) is 0.368. The lowest BCUT2D eigenvalue weighted by atomic mass is 10.1. The fourth-order valence-electron chi connectivity index (χ4n) is 3.59. The van der Waals surface area contributed by atoms with Crippen molar-refractivity contribution in [3.8, 4) is 28.7 Å². The molecule has 4 heterocycles. The van der Waals surface area contributed by atoms with Gasteiger partial charge in [-0.3, -0.25) is 4.79 Å². The van der Waals surface area contributed by atoms with E-state index in [2.05, 4.69) is 31.8 Å². The number of carbonyl (C=O) groups excluding carboxylic acids is 1. The summed E-state index contributed by atoms with van der Waals surface area (Å²) in [6.45, 7) is 1.09. The zero-order valence-corrected chi connectivity index (χ0v) is 18.9. The molecule has 1 aromatic carbocycles. The Kier molecular flexibility index (Phi) is 6.22. The summed E-state index contributed by atoms with van der Waals surface area (Å²) in [7, 11) is 1.59. The minimum absolute atomic E-state index is 0.0722. The number of methoxy groups -OCH3 is 1. The van der Waals surface area contributed by atoms with Gasteiger partial charge < -0.3 is 24.5 Å². The Morgan fingerprint density at radius 1 is 1.11 bits per heavy atom. The highest BCUT2D eigenvalue weighted by atomic mass is 16.5. The van der Waals surface area contributed by atoms with Crippen LogP contribution in [-0.2, 0) is 17.8 Å². The van der Waals surface area contributed by atoms with E-state index in [0.29, 0.717) is 31.1 Å². The molecule has 0 bridgehead atoms. The minimum Gasteiger partial charge on any atom is -0.481 e. The Bertz CT molecular complexity index is 1430. The highest BCUT2D eigenvalue weighted by Crippen LogP contribution is 2.26. The van der Waals surface area contributed by atoms with Crippen molar-refractivity contribution in [2.45, 2.75) is 13.0 Å². The predicted octanol–water partition coefficient (Wildman–Crippen LogP) is 1.95. The Balaban J connectivity index is 1.20. The van der Waals surface area contributed by atoms with Crippen LogP contribution in [0.15, 0.2) is 63.8 Å². The highest BCUT2D eigenvalue weighted by Gasteiger charge is 2.19. The smallest absolute Gasteiger partial charge is 0.443 e. The van der Waals surface area contributed by atoms with Gasteiger partial charge in [0.15, 0.2) is 24.0 Å². The number of rotatable bonds is 8. The molecular formula is C24H22N6O5. The van der Waals surface area contributed by atoms with Gasteiger partial charge in [-0.2, -0.15) is 0 Å².